The van der Waals surface area contributed by atoms with Gasteiger partial charge < -0.3 is 10.1 Å². The summed E-state index contributed by atoms with van der Waals surface area (Å²) in [6.07, 6.45) is 5.39. The number of anilines is 1. The molecule has 0 spiro atoms. The zero-order valence-corrected chi connectivity index (χ0v) is 17.4. The average Bonchev–Trinajstić information content (AvgIpc) is 3.07. The van der Waals surface area contributed by atoms with Crippen LogP contribution in [0.2, 0.25) is 0 Å². The highest BCUT2D eigenvalue weighted by molar-refractivity contribution is 6.66. The topological polar surface area (TPSA) is 33.6 Å². The fourth-order valence-corrected chi connectivity index (χ4v) is 4.27. The van der Waals surface area contributed by atoms with Crippen molar-refractivity contribution in [1.82, 2.24) is 0 Å². The predicted molar refractivity (Wildman–Crippen MR) is 123 cm³/mol. The molecule has 2 aliphatic rings. The van der Waals surface area contributed by atoms with Crippen LogP contribution in [0.4, 0.5) is 11.4 Å². The molecule has 1 atom stereocenters. The molecular formula is C24H27BN2O. The highest BCUT2D eigenvalue weighted by Crippen LogP contribution is 2.41. The molecule has 142 valence electrons. The Morgan fingerprint density at radius 3 is 2.68 bits per heavy atom. The number of hydrogen-bond acceptors (Lipinski definition) is 3. The first-order valence-electron chi connectivity index (χ1n) is 9.90. The maximum Gasteiger partial charge on any atom is 0.187 e. The lowest BCUT2D eigenvalue weighted by molar-refractivity contribution is 0.176. The predicted octanol–water partition coefficient (Wildman–Crippen LogP) is 4.57. The number of nitrogens with one attached hydrogen (secondary N) is 1. The van der Waals surface area contributed by atoms with Crippen molar-refractivity contribution in [2.75, 3.05) is 12.4 Å². The van der Waals surface area contributed by atoms with Crippen molar-refractivity contribution >= 4 is 42.0 Å². The second kappa shape index (κ2) is 7.44. The molecule has 0 bridgehead atoms. The molecule has 2 aromatic rings. The van der Waals surface area contributed by atoms with E-state index in [1.807, 2.05) is 6.92 Å². The molecule has 28 heavy (non-hydrogen) atoms. The number of nitrogens with zero attached hydrogens (tertiary/aromatic N) is 1. The fraction of sp³-hybridized carbons (Fsp3) is 0.292. The Morgan fingerprint density at radius 1 is 1.21 bits per heavy atom. The smallest absolute Gasteiger partial charge is 0.187 e. The minimum atomic E-state index is -0.171. The van der Waals surface area contributed by atoms with Crippen LogP contribution in [0.25, 0.3) is 12.2 Å². The van der Waals surface area contributed by atoms with Crippen LogP contribution in [-0.4, -0.2) is 26.3 Å². The van der Waals surface area contributed by atoms with E-state index in [0.29, 0.717) is 0 Å². The molecule has 0 saturated carbocycles. The molecule has 0 aliphatic carbocycles. The van der Waals surface area contributed by atoms with E-state index in [2.05, 4.69) is 68.6 Å². The molecule has 4 rings (SSSR count). The molecule has 0 amide bonds. The van der Waals surface area contributed by atoms with Crippen LogP contribution in [0.5, 0.6) is 0 Å². The zero-order chi connectivity index (χ0) is 19.8. The Morgan fingerprint density at radius 2 is 1.96 bits per heavy atom. The standard InChI is InChI=1S/C24H27BN2O/c1-14(11-18-9-7-6-8-10-18)12-19-16(3)21-20(13-15(2)25-21)23-22(19)26-17(4)24(27-23)28-5/h6-10,12-13,24-25,27H,11H2,1-5H3/b14-12+. The van der Waals surface area contributed by atoms with Crippen LogP contribution < -0.4 is 10.8 Å². The third-order valence-electron chi connectivity index (χ3n) is 5.68. The Bertz CT molecular complexity index is 1020. The number of hydrogen-bond donors (Lipinski definition) is 1. The molecule has 3 nitrogen and oxygen atoms in total. The van der Waals surface area contributed by atoms with Crippen molar-refractivity contribution in [3.63, 3.8) is 0 Å². The lowest BCUT2D eigenvalue weighted by Crippen LogP contribution is -2.33. The van der Waals surface area contributed by atoms with Gasteiger partial charge in [-0.15, -0.1) is 5.47 Å². The lowest BCUT2D eigenvalue weighted by atomic mass is 9.65. The number of ether oxygens (including phenoxy) is 1. The molecule has 1 N–H and O–H groups in total. The average molecular weight is 370 g/mol. The highest BCUT2D eigenvalue weighted by Gasteiger charge is 2.28. The summed E-state index contributed by atoms with van der Waals surface area (Å²) in [5.41, 5.74) is 12.4. The first-order valence-corrected chi connectivity index (χ1v) is 9.90. The maximum absolute atomic E-state index is 5.60. The van der Waals surface area contributed by atoms with Gasteiger partial charge in [-0.2, -0.15) is 0 Å². The van der Waals surface area contributed by atoms with Crippen molar-refractivity contribution in [2.24, 2.45) is 4.99 Å². The third-order valence-corrected chi connectivity index (χ3v) is 5.68. The lowest BCUT2D eigenvalue weighted by Gasteiger charge is -2.28. The molecule has 2 aliphatic heterocycles. The number of rotatable bonds is 4. The van der Waals surface area contributed by atoms with Gasteiger partial charge >= 0.3 is 0 Å². The number of allylic oxidation sites excluding steroid dienone is 2. The van der Waals surface area contributed by atoms with Crippen molar-refractivity contribution in [3.05, 3.63) is 63.6 Å². The van der Waals surface area contributed by atoms with Gasteiger partial charge in [0.05, 0.1) is 17.1 Å². The van der Waals surface area contributed by atoms with Crippen molar-refractivity contribution in [3.8, 4) is 0 Å². The van der Waals surface area contributed by atoms with Gasteiger partial charge in [0.25, 0.3) is 0 Å². The summed E-state index contributed by atoms with van der Waals surface area (Å²) in [5, 5.41) is 3.58. The molecule has 2 aromatic carbocycles. The molecule has 4 heteroatoms. The van der Waals surface area contributed by atoms with E-state index >= 15 is 0 Å². The normalized spacial score (nSPS) is 17.9. The van der Waals surface area contributed by atoms with E-state index in [1.165, 1.54) is 38.8 Å². The van der Waals surface area contributed by atoms with E-state index in [4.69, 9.17) is 9.73 Å². The molecule has 0 saturated heterocycles. The Kier molecular flexibility index (Phi) is 4.99. The molecule has 0 aromatic heterocycles. The van der Waals surface area contributed by atoms with Crippen LogP contribution in [-0.2, 0) is 11.2 Å². The largest absolute Gasteiger partial charge is 0.356 e. The number of methoxy groups -OCH3 is 1. The molecular weight excluding hydrogens is 343 g/mol. The van der Waals surface area contributed by atoms with E-state index < -0.39 is 0 Å². The summed E-state index contributed by atoms with van der Waals surface area (Å²) >= 11 is 0. The van der Waals surface area contributed by atoms with E-state index in [9.17, 15) is 0 Å². The van der Waals surface area contributed by atoms with Crippen LogP contribution in [0.3, 0.4) is 0 Å². The number of fused-ring (bicyclic) bond motifs is 3. The Labute approximate surface area is 168 Å². The quantitative estimate of drug-likeness (QED) is 0.800. The van der Waals surface area contributed by atoms with Gasteiger partial charge in [0.15, 0.2) is 13.5 Å². The van der Waals surface area contributed by atoms with Gasteiger partial charge in [0.1, 0.15) is 0 Å². The van der Waals surface area contributed by atoms with Crippen LogP contribution in [0, 0.1) is 6.92 Å². The summed E-state index contributed by atoms with van der Waals surface area (Å²) in [7, 11) is 2.73. The minimum absolute atomic E-state index is 0.171. The summed E-state index contributed by atoms with van der Waals surface area (Å²) in [6.45, 7) is 8.67. The Hall–Kier alpha value is -2.59. The van der Waals surface area contributed by atoms with Gasteiger partial charge in [-0.05, 0) is 43.9 Å². The van der Waals surface area contributed by atoms with Gasteiger partial charge in [0, 0.05) is 12.7 Å². The second-order valence-corrected chi connectivity index (χ2v) is 7.99. The van der Waals surface area contributed by atoms with Crippen LogP contribution in [0.15, 0.2) is 46.4 Å². The molecule has 0 fully saturated rings. The zero-order valence-electron chi connectivity index (χ0n) is 17.4. The Balaban J connectivity index is 1.84. The summed E-state index contributed by atoms with van der Waals surface area (Å²) < 4.78 is 5.60. The van der Waals surface area contributed by atoms with Crippen molar-refractivity contribution < 1.29 is 4.74 Å². The summed E-state index contributed by atoms with van der Waals surface area (Å²) in [4.78, 5) is 4.98. The third kappa shape index (κ3) is 3.33. The summed E-state index contributed by atoms with van der Waals surface area (Å²) in [5.74, 6) is 0. The number of aliphatic imine (C=N–C) groups is 1. The van der Waals surface area contributed by atoms with Gasteiger partial charge in [-0.1, -0.05) is 60.4 Å². The van der Waals surface area contributed by atoms with Crippen LogP contribution >= 0.6 is 0 Å². The molecule has 0 radical (unpaired) electrons. The van der Waals surface area contributed by atoms with E-state index in [-0.39, 0.29) is 6.23 Å². The summed E-state index contributed by atoms with van der Waals surface area (Å²) in [6, 6.07) is 10.6. The highest BCUT2D eigenvalue weighted by atomic mass is 16.5. The van der Waals surface area contributed by atoms with Crippen molar-refractivity contribution in [1.29, 1.82) is 0 Å². The minimum Gasteiger partial charge on any atom is -0.356 e. The van der Waals surface area contributed by atoms with E-state index in [1.54, 1.807) is 7.11 Å². The number of benzene rings is 2. The maximum atomic E-state index is 5.60. The van der Waals surface area contributed by atoms with E-state index in [0.717, 1.165) is 30.8 Å². The van der Waals surface area contributed by atoms with Crippen LogP contribution in [0.1, 0.15) is 43.0 Å². The first-order chi connectivity index (χ1) is 13.5. The van der Waals surface area contributed by atoms with Gasteiger partial charge in [-0.3, -0.25) is 4.99 Å². The molecule has 2 heterocycles. The van der Waals surface area contributed by atoms with Crippen molar-refractivity contribution in [2.45, 2.75) is 40.3 Å². The monoisotopic (exact) mass is 370 g/mol. The fourth-order valence-electron chi connectivity index (χ4n) is 4.27. The van der Waals surface area contributed by atoms with Gasteiger partial charge in [-0.25, -0.2) is 0 Å². The SMILES string of the molecule is COC1Nc2c3c(c(C)c(/C=C(\C)Cc4ccccc4)c2N=C1C)BC(C)=C3. The first kappa shape index (κ1) is 18.8. The van der Waals surface area contributed by atoms with Gasteiger partial charge in [0.2, 0.25) is 0 Å². The molecule has 1 unspecified atom stereocenters. The second-order valence-electron chi connectivity index (χ2n) is 7.99.